The van der Waals surface area contributed by atoms with Gasteiger partial charge in [-0.3, -0.25) is 0 Å². The quantitative estimate of drug-likeness (QED) is 0.215. The van der Waals surface area contributed by atoms with Gasteiger partial charge in [0.05, 0.1) is 21.9 Å². The van der Waals surface area contributed by atoms with E-state index in [0.29, 0.717) is 21.5 Å². The van der Waals surface area contributed by atoms with Gasteiger partial charge in [0.25, 0.3) is 0 Å². The van der Waals surface area contributed by atoms with Crippen LogP contribution in [0.1, 0.15) is 21.9 Å². The molecule has 0 spiro atoms. The molecule has 1 heterocycles. The molecule has 39 heavy (non-hydrogen) atoms. The van der Waals surface area contributed by atoms with Gasteiger partial charge in [-0.2, -0.15) is 0 Å². The third kappa shape index (κ3) is 3.34. The molecular formula is C38H24O. The van der Waals surface area contributed by atoms with Crippen LogP contribution in [0.3, 0.4) is 0 Å². The minimum absolute atomic E-state index is 0.0876. The van der Waals surface area contributed by atoms with Crippen molar-refractivity contribution in [1.82, 2.24) is 0 Å². The van der Waals surface area contributed by atoms with Crippen molar-refractivity contribution in [3.63, 3.8) is 0 Å². The first kappa shape index (κ1) is 11.3. The first-order valence-corrected chi connectivity index (χ1v) is 12.1. The van der Waals surface area contributed by atoms with Gasteiger partial charge in [0.2, 0.25) is 0 Å². The van der Waals surface area contributed by atoms with Gasteiger partial charge < -0.3 is 4.42 Å². The summed E-state index contributed by atoms with van der Waals surface area (Å²) in [4.78, 5) is 0. The van der Waals surface area contributed by atoms with Crippen molar-refractivity contribution < 1.29 is 26.3 Å². The van der Waals surface area contributed by atoms with E-state index in [4.69, 9.17) is 23.6 Å². The lowest BCUT2D eigenvalue weighted by molar-refractivity contribution is 0.669. The summed E-state index contributed by atoms with van der Waals surface area (Å²) in [5.41, 5.74) is -1.04. The average molecular weight is 513 g/mol. The van der Waals surface area contributed by atoms with Crippen molar-refractivity contribution in [1.29, 1.82) is 0 Å². The first-order valence-electron chi connectivity index (χ1n) is 20.1. The number of hydrogen-bond acceptors (Lipinski definition) is 1. The summed E-state index contributed by atoms with van der Waals surface area (Å²) in [6.07, 6.45) is 0. The molecule has 1 heteroatoms. The third-order valence-corrected chi connectivity index (χ3v) is 6.82. The molecule has 1 aromatic heterocycles. The Labute approximate surface area is 249 Å². The van der Waals surface area contributed by atoms with Crippen LogP contribution in [0.15, 0.2) is 150 Å². The summed E-state index contributed by atoms with van der Waals surface area (Å²) >= 11 is 0. The maximum absolute atomic E-state index is 9.58. The molecule has 7 aromatic carbocycles. The maximum atomic E-state index is 9.58. The summed E-state index contributed by atoms with van der Waals surface area (Å²) in [6, 6.07) is 3.81. The summed E-state index contributed by atoms with van der Waals surface area (Å²) in [7, 11) is 0. The molecule has 0 saturated carbocycles. The molecule has 8 aromatic rings. The smallest absolute Gasteiger partial charge is 0.136 e. The molecule has 0 aliphatic heterocycles. The molecular weight excluding hydrogens is 472 g/mol. The average Bonchev–Trinajstić information content (AvgIpc) is 3.59. The van der Waals surface area contributed by atoms with E-state index in [1.807, 2.05) is 0 Å². The van der Waals surface area contributed by atoms with Crippen LogP contribution in [0.25, 0.3) is 76.9 Å². The highest BCUT2D eigenvalue weighted by Gasteiger charge is 2.22. The number of rotatable bonds is 3. The first-order chi connectivity index (χ1) is 26.0. The molecule has 0 atom stereocenters. The summed E-state index contributed by atoms with van der Waals surface area (Å²) < 4.78 is 146. The van der Waals surface area contributed by atoms with E-state index in [2.05, 4.69) is 0 Å². The molecule has 0 fully saturated rings. The number of furan rings is 1. The lowest BCUT2D eigenvalue weighted by Gasteiger charge is -2.20. The summed E-state index contributed by atoms with van der Waals surface area (Å²) in [6.45, 7) is 0. The van der Waals surface area contributed by atoms with Gasteiger partial charge in [-0.1, -0.05) is 127 Å². The van der Waals surface area contributed by atoms with E-state index in [1.165, 1.54) is 0 Å². The fraction of sp³-hybridized carbons (Fsp3) is 0. The Bertz CT molecular complexity index is 2940. The standard InChI is InChI=1S/C38H24O/c1-3-13-25(14-4-1)35-27-17-7-9-19-29(27)37(30-20-10-8-18-28(30)35)32-23-24-34-38(31-21-11-12-22-33(31)39-34)36(32)26-15-5-2-6-16-26/h1-24H/i1D,2D,3D,4D,5D,6D,11D,12D,13D,14D,15D,16D,21D,22D,23D,24D. The van der Waals surface area contributed by atoms with E-state index < -0.39 is 102 Å². The van der Waals surface area contributed by atoms with Crippen molar-refractivity contribution in [2.24, 2.45) is 0 Å². The topological polar surface area (TPSA) is 13.1 Å². The van der Waals surface area contributed by atoms with E-state index in [-0.39, 0.29) is 49.8 Å². The molecule has 0 unspecified atom stereocenters. The van der Waals surface area contributed by atoms with Crippen LogP contribution in [0, 0.1) is 0 Å². The van der Waals surface area contributed by atoms with Gasteiger partial charge in [0.1, 0.15) is 11.2 Å². The van der Waals surface area contributed by atoms with Gasteiger partial charge in [0, 0.05) is 16.3 Å². The fourth-order valence-electron chi connectivity index (χ4n) is 5.31. The molecule has 1 nitrogen and oxygen atoms in total. The second-order valence-corrected chi connectivity index (χ2v) is 8.85. The molecule has 0 amide bonds. The molecule has 0 radical (unpaired) electrons. The Morgan fingerprint density at radius 2 is 0.923 bits per heavy atom. The Morgan fingerprint density at radius 3 is 1.54 bits per heavy atom. The molecule has 0 aliphatic rings. The SMILES string of the molecule is [2H]c1c([2H])c([2H])c(-c2c3ccccc3c(-c3c([2H])c([2H])c4oc5c([2H])c([2H])c([2H])c([2H])c5c4c3-c3c([2H])c([2H])c([2H])c([2H])c3[2H])c3ccccc23)c([2H])c1[2H]. The van der Waals surface area contributed by atoms with Gasteiger partial charge >= 0.3 is 0 Å². The molecule has 0 bridgehead atoms. The van der Waals surface area contributed by atoms with Gasteiger partial charge in [-0.15, -0.1) is 0 Å². The van der Waals surface area contributed by atoms with Crippen molar-refractivity contribution in [3.8, 4) is 33.4 Å². The van der Waals surface area contributed by atoms with Crippen LogP contribution in [0.4, 0.5) is 0 Å². The molecule has 0 aliphatic carbocycles. The molecule has 0 saturated heterocycles. The summed E-state index contributed by atoms with van der Waals surface area (Å²) in [5, 5.41) is 1.04. The minimum Gasteiger partial charge on any atom is -0.456 e. The Morgan fingerprint density at radius 1 is 0.410 bits per heavy atom. The minimum atomic E-state index is -0.711. The maximum Gasteiger partial charge on any atom is 0.136 e. The Balaban J connectivity index is 1.71. The lowest BCUT2D eigenvalue weighted by Crippen LogP contribution is -1.93. The van der Waals surface area contributed by atoms with Gasteiger partial charge in [-0.05, 0) is 67.5 Å². The van der Waals surface area contributed by atoms with E-state index >= 15 is 0 Å². The highest BCUT2D eigenvalue weighted by Crippen LogP contribution is 2.49. The largest absolute Gasteiger partial charge is 0.456 e. The normalized spacial score (nSPS) is 17.3. The molecule has 0 N–H and O–H groups in total. The van der Waals surface area contributed by atoms with Crippen LogP contribution in [0.5, 0.6) is 0 Å². The zero-order valence-corrected chi connectivity index (χ0v) is 20.0. The van der Waals surface area contributed by atoms with Crippen molar-refractivity contribution in [2.75, 3.05) is 0 Å². The van der Waals surface area contributed by atoms with Crippen LogP contribution >= 0.6 is 0 Å². The van der Waals surface area contributed by atoms with Crippen molar-refractivity contribution in [2.45, 2.75) is 0 Å². The monoisotopic (exact) mass is 512 g/mol. The third-order valence-electron chi connectivity index (χ3n) is 6.82. The molecule has 182 valence electrons. The number of benzene rings is 7. The van der Waals surface area contributed by atoms with Gasteiger partial charge in [0.15, 0.2) is 0 Å². The number of hydrogen-bond donors (Lipinski definition) is 0. The summed E-state index contributed by atoms with van der Waals surface area (Å²) in [5.74, 6) is 0. The van der Waals surface area contributed by atoms with E-state index in [9.17, 15) is 2.74 Å². The predicted octanol–water partition coefficient (Wildman–Crippen LogP) is 10.9. The Hall–Kier alpha value is -5.14. The number of fused-ring (bicyclic) bond motifs is 5. The highest BCUT2D eigenvalue weighted by molar-refractivity contribution is 6.25. The Kier molecular flexibility index (Phi) is 2.53. The molecule has 8 rings (SSSR count). The number of para-hydroxylation sites is 1. The van der Waals surface area contributed by atoms with Crippen molar-refractivity contribution in [3.05, 3.63) is 145 Å². The predicted molar refractivity (Wildman–Crippen MR) is 165 cm³/mol. The second-order valence-electron chi connectivity index (χ2n) is 8.85. The fourth-order valence-corrected chi connectivity index (χ4v) is 5.31. The van der Waals surface area contributed by atoms with Crippen LogP contribution < -0.4 is 0 Å². The lowest BCUT2D eigenvalue weighted by atomic mass is 9.83. The zero-order valence-electron chi connectivity index (χ0n) is 36.0. The second kappa shape index (κ2) is 8.72. The van der Waals surface area contributed by atoms with E-state index in [1.54, 1.807) is 48.5 Å². The van der Waals surface area contributed by atoms with E-state index in [0.717, 1.165) is 0 Å². The van der Waals surface area contributed by atoms with Crippen LogP contribution in [-0.4, -0.2) is 0 Å². The zero-order chi connectivity index (χ0) is 39.7. The van der Waals surface area contributed by atoms with Crippen molar-refractivity contribution >= 4 is 43.5 Å². The van der Waals surface area contributed by atoms with Crippen LogP contribution in [-0.2, 0) is 0 Å². The van der Waals surface area contributed by atoms with Gasteiger partial charge in [-0.25, -0.2) is 0 Å². The van der Waals surface area contributed by atoms with Crippen LogP contribution in [0.2, 0.25) is 0 Å². The highest BCUT2D eigenvalue weighted by atomic mass is 16.3.